The van der Waals surface area contributed by atoms with E-state index in [4.69, 9.17) is 5.26 Å². The number of nitriles is 1. The summed E-state index contributed by atoms with van der Waals surface area (Å²) < 4.78 is 0. The smallest absolute Gasteiger partial charge is 0.238 e. The summed E-state index contributed by atoms with van der Waals surface area (Å²) >= 11 is 0. The minimum Gasteiger partial charge on any atom is -0.372 e. The highest BCUT2D eigenvalue weighted by molar-refractivity contribution is 5.95. The molecule has 0 saturated heterocycles. The van der Waals surface area contributed by atoms with Gasteiger partial charge in [-0.3, -0.25) is 4.79 Å². The van der Waals surface area contributed by atoms with E-state index in [0.717, 1.165) is 29.9 Å². The van der Waals surface area contributed by atoms with Gasteiger partial charge in [-0.1, -0.05) is 0 Å². The van der Waals surface area contributed by atoms with Crippen LogP contribution in [0.1, 0.15) is 25.8 Å². The van der Waals surface area contributed by atoms with Crippen molar-refractivity contribution in [3.05, 3.63) is 42.0 Å². The first kappa shape index (κ1) is 18.4. The Morgan fingerprint density at radius 1 is 1.15 bits per heavy atom. The molecular formula is C20H22N6O. The van der Waals surface area contributed by atoms with Gasteiger partial charge in [-0.2, -0.15) is 10.1 Å². The van der Waals surface area contributed by atoms with Gasteiger partial charge < -0.3 is 10.2 Å². The number of hydrogen-bond acceptors (Lipinski definition) is 5. The number of anilines is 2. The summed E-state index contributed by atoms with van der Waals surface area (Å²) in [5, 5.41) is 20.4. The van der Waals surface area contributed by atoms with Crippen molar-refractivity contribution in [1.29, 1.82) is 5.26 Å². The van der Waals surface area contributed by atoms with E-state index >= 15 is 0 Å². The highest BCUT2D eigenvalue weighted by Gasteiger charge is 2.11. The van der Waals surface area contributed by atoms with Gasteiger partial charge in [-0.15, -0.1) is 10.2 Å². The highest BCUT2D eigenvalue weighted by Crippen LogP contribution is 2.23. The molecule has 0 aliphatic carbocycles. The molecule has 138 valence electrons. The first-order chi connectivity index (χ1) is 13.0. The van der Waals surface area contributed by atoms with Gasteiger partial charge in [0.25, 0.3) is 0 Å². The molecule has 0 aliphatic heterocycles. The van der Waals surface area contributed by atoms with Crippen LogP contribution in [-0.4, -0.2) is 34.0 Å². The molecule has 2 aromatic carbocycles. The van der Waals surface area contributed by atoms with E-state index in [-0.39, 0.29) is 12.3 Å². The molecule has 3 aromatic rings. The largest absolute Gasteiger partial charge is 0.372 e. The van der Waals surface area contributed by atoms with Crippen LogP contribution in [0.25, 0.3) is 16.7 Å². The fraction of sp³-hybridized carbons (Fsp3) is 0.300. The van der Waals surface area contributed by atoms with E-state index in [1.807, 2.05) is 31.2 Å². The lowest BCUT2D eigenvalue weighted by molar-refractivity contribution is -0.115. The normalized spacial score (nSPS) is 10.6. The number of nitrogens with zero attached hydrogens (tertiary/aromatic N) is 5. The summed E-state index contributed by atoms with van der Waals surface area (Å²) in [6.07, 6.45) is -0.178. The Morgan fingerprint density at radius 2 is 1.78 bits per heavy atom. The summed E-state index contributed by atoms with van der Waals surface area (Å²) in [4.78, 5) is 15.6. The Hall–Kier alpha value is -3.40. The molecule has 0 fully saturated rings. The summed E-state index contributed by atoms with van der Waals surface area (Å²) in [5.41, 5.74) is 4.98. The summed E-state index contributed by atoms with van der Waals surface area (Å²) in [6, 6.07) is 13.6. The second-order valence-electron chi connectivity index (χ2n) is 6.22. The third kappa shape index (κ3) is 3.90. The number of amides is 1. The maximum atomic E-state index is 11.7. The van der Waals surface area contributed by atoms with Crippen molar-refractivity contribution in [2.24, 2.45) is 0 Å². The van der Waals surface area contributed by atoms with E-state index in [0.29, 0.717) is 11.2 Å². The minimum absolute atomic E-state index is 0.178. The first-order valence-electron chi connectivity index (χ1n) is 8.95. The van der Waals surface area contributed by atoms with Gasteiger partial charge in [0.2, 0.25) is 5.91 Å². The monoisotopic (exact) mass is 362 g/mol. The molecular weight excluding hydrogens is 340 g/mol. The Bertz CT molecular complexity index is 996. The number of aryl methyl sites for hydroxylation is 1. The minimum atomic E-state index is -0.334. The molecule has 1 heterocycles. The van der Waals surface area contributed by atoms with Crippen molar-refractivity contribution >= 4 is 28.3 Å². The third-order valence-corrected chi connectivity index (χ3v) is 4.45. The molecule has 1 amide bonds. The maximum Gasteiger partial charge on any atom is 0.238 e. The molecule has 0 spiro atoms. The zero-order chi connectivity index (χ0) is 19.4. The van der Waals surface area contributed by atoms with Crippen LogP contribution in [0.5, 0.6) is 0 Å². The maximum absolute atomic E-state index is 11.7. The molecule has 0 atom stereocenters. The van der Waals surface area contributed by atoms with Crippen LogP contribution in [-0.2, 0) is 4.79 Å². The van der Waals surface area contributed by atoms with Gasteiger partial charge in [0.15, 0.2) is 0 Å². The Morgan fingerprint density at radius 3 is 2.37 bits per heavy atom. The van der Waals surface area contributed by atoms with Crippen molar-refractivity contribution in [1.82, 2.24) is 15.0 Å². The fourth-order valence-corrected chi connectivity index (χ4v) is 2.97. The molecule has 7 heteroatoms. The second kappa shape index (κ2) is 7.87. The van der Waals surface area contributed by atoms with E-state index in [9.17, 15) is 4.79 Å². The molecule has 27 heavy (non-hydrogen) atoms. The van der Waals surface area contributed by atoms with Crippen LogP contribution in [0.4, 0.5) is 11.4 Å². The zero-order valence-electron chi connectivity index (χ0n) is 15.7. The number of carbonyl (C=O) groups is 1. The molecule has 0 unspecified atom stereocenters. The number of hydrogen-bond donors (Lipinski definition) is 1. The van der Waals surface area contributed by atoms with Gasteiger partial charge in [0, 0.05) is 24.5 Å². The summed E-state index contributed by atoms with van der Waals surface area (Å²) in [5.74, 6) is -0.334. The van der Waals surface area contributed by atoms with Crippen molar-refractivity contribution in [2.45, 2.75) is 27.2 Å². The molecule has 3 rings (SSSR count). The van der Waals surface area contributed by atoms with Gasteiger partial charge in [0.1, 0.15) is 17.5 Å². The SMILES string of the molecule is CCN(CC)c1ccc(-n2nc3cc(C)c(NC(=O)CC#N)cc3n2)cc1. The highest BCUT2D eigenvalue weighted by atomic mass is 16.1. The fourth-order valence-electron chi connectivity index (χ4n) is 2.97. The molecule has 1 N–H and O–H groups in total. The van der Waals surface area contributed by atoms with E-state index in [1.54, 1.807) is 10.9 Å². The van der Waals surface area contributed by atoms with Crippen molar-refractivity contribution in [3.63, 3.8) is 0 Å². The summed E-state index contributed by atoms with van der Waals surface area (Å²) in [6.45, 7) is 8.07. The molecule has 0 radical (unpaired) electrons. The molecule has 0 bridgehead atoms. The topological polar surface area (TPSA) is 86.8 Å². The lowest BCUT2D eigenvalue weighted by Gasteiger charge is -2.20. The quantitative estimate of drug-likeness (QED) is 0.726. The van der Waals surface area contributed by atoms with E-state index < -0.39 is 0 Å². The van der Waals surface area contributed by atoms with E-state index in [2.05, 4.69) is 46.4 Å². The molecule has 0 saturated carbocycles. The van der Waals surface area contributed by atoms with Crippen LogP contribution in [0.3, 0.4) is 0 Å². The number of nitrogens with one attached hydrogen (secondary N) is 1. The Labute approximate surface area is 158 Å². The van der Waals surface area contributed by atoms with Crippen LogP contribution in [0.2, 0.25) is 0 Å². The number of benzene rings is 2. The summed E-state index contributed by atoms with van der Waals surface area (Å²) in [7, 11) is 0. The van der Waals surface area contributed by atoms with Crippen molar-refractivity contribution in [2.75, 3.05) is 23.3 Å². The predicted octanol–water partition coefficient (Wildman–Crippen LogP) is 3.43. The number of rotatable bonds is 6. The predicted molar refractivity (Wildman–Crippen MR) is 106 cm³/mol. The third-order valence-electron chi connectivity index (χ3n) is 4.45. The van der Waals surface area contributed by atoms with Crippen LogP contribution < -0.4 is 10.2 Å². The van der Waals surface area contributed by atoms with E-state index in [1.165, 1.54) is 5.69 Å². The number of fused-ring (bicyclic) bond motifs is 1. The number of aromatic nitrogens is 3. The Kier molecular flexibility index (Phi) is 5.36. The van der Waals surface area contributed by atoms with Gasteiger partial charge in [-0.25, -0.2) is 0 Å². The standard InChI is InChI=1S/C20H22N6O/c1-4-25(5-2)15-6-8-16(9-7-15)26-23-18-12-14(3)17(13-19(18)24-26)22-20(27)10-11-21/h6-9,12-13H,4-5,10H2,1-3H3,(H,22,27). The second-order valence-corrected chi connectivity index (χ2v) is 6.22. The van der Waals surface area contributed by atoms with Crippen molar-refractivity contribution < 1.29 is 4.79 Å². The van der Waals surface area contributed by atoms with Crippen LogP contribution >= 0.6 is 0 Å². The van der Waals surface area contributed by atoms with Crippen LogP contribution in [0, 0.1) is 18.3 Å². The van der Waals surface area contributed by atoms with Crippen molar-refractivity contribution in [3.8, 4) is 11.8 Å². The van der Waals surface area contributed by atoms with Gasteiger partial charge in [0.05, 0.1) is 11.8 Å². The first-order valence-corrected chi connectivity index (χ1v) is 8.95. The van der Waals surface area contributed by atoms with Crippen LogP contribution in [0.15, 0.2) is 36.4 Å². The molecule has 1 aromatic heterocycles. The van der Waals surface area contributed by atoms with Gasteiger partial charge in [-0.05, 0) is 62.7 Å². The zero-order valence-corrected chi connectivity index (χ0v) is 15.7. The lowest BCUT2D eigenvalue weighted by atomic mass is 10.1. The molecule has 7 nitrogen and oxygen atoms in total. The Balaban J connectivity index is 1.90. The molecule has 0 aliphatic rings. The average Bonchev–Trinajstić information content (AvgIpc) is 3.06. The number of carbonyl (C=O) groups excluding carboxylic acids is 1. The van der Waals surface area contributed by atoms with Gasteiger partial charge >= 0.3 is 0 Å². The average molecular weight is 362 g/mol. The lowest BCUT2D eigenvalue weighted by Crippen LogP contribution is -2.21.